The highest BCUT2D eigenvalue weighted by Gasteiger charge is 2.31. The van der Waals surface area contributed by atoms with Gasteiger partial charge in [0, 0.05) is 6.54 Å². The first-order valence-corrected chi connectivity index (χ1v) is 8.49. The molecule has 0 atom stereocenters. The molecular weight excluding hydrogens is 371 g/mol. The monoisotopic (exact) mass is 389 g/mol. The number of halogens is 3. The summed E-state index contributed by atoms with van der Waals surface area (Å²) in [5.41, 5.74) is 3.26. The average Bonchev–Trinajstić information content (AvgIpc) is 2.95. The van der Waals surface area contributed by atoms with E-state index in [-0.39, 0.29) is 18.2 Å². The van der Waals surface area contributed by atoms with Crippen LogP contribution in [0.15, 0.2) is 54.6 Å². The number of aromatic nitrogens is 2. The van der Waals surface area contributed by atoms with Crippen molar-refractivity contribution in [3.8, 4) is 11.4 Å². The number of hydrogen-bond donors (Lipinski definition) is 1. The number of aryl methyl sites for hydroxylation is 1. The number of nitrogens with one attached hydrogen (secondary N) is 1. The fraction of sp³-hybridized carbons (Fsp3) is 0.200. The molecule has 1 amide bonds. The minimum Gasteiger partial charge on any atom is -0.406 e. The van der Waals surface area contributed by atoms with E-state index < -0.39 is 6.36 Å². The van der Waals surface area contributed by atoms with Crippen LogP contribution >= 0.6 is 0 Å². The third-order valence-corrected chi connectivity index (χ3v) is 4.13. The topological polar surface area (TPSA) is 56.2 Å². The van der Waals surface area contributed by atoms with Gasteiger partial charge in [0.25, 0.3) is 5.91 Å². The second kappa shape index (κ2) is 7.75. The standard InChI is InChI=1S/C20H18F3N3O2/c1-13-18(14(2)26(25-13)16-6-4-3-5-7-16)19(27)24-12-15-8-10-17(11-9-15)28-20(21,22)23/h3-11H,12H2,1-2H3,(H,24,27). The second-order valence-electron chi connectivity index (χ2n) is 6.17. The molecule has 0 fully saturated rings. The fourth-order valence-corrected chi connectivity index (χ4v) is 2.87. The van der Waals surface area contributed by atoms with Gasteiger partial charge in [-0.05, 0) is 43.7 Å². The number of ether oxygens (including phenoxy) is 1. The molecule has 0 bridgehead atoms. The summed E-state index contributed by atoms with van der Waals surface area (Å²) in [5.74, 6) is -0.605. The number of carbonyl (C=O) groups excluding carboxylic acids is 1. The van der Waals surface area contributed by atoms with Gasteiger partial charge in [-0.3, -0.25) is 4.79 Å². The Morgan fingerprint density at radius 1 is 1.07 bits per heavy atom. The van der Waals surface area contributed by atoms with Crippen LogP contribution < -0.4 is 10.1 Å². The first kappa shape index (κ1) is 19.5. The molecule has 3 aromatic rings. The quantitative estimate of drug-likeness (QED) is 0.707. The Bertz CT molecular complexity index is 965. The van der Waals surface area contributed by atoms with Crippen LogP contribution in [-0.4, -0.2) is 22.1 Å². The summed E-state index contributed by atoms with van der Waals surface area (Å²) in [7, 11) is 0. The van der Waals surface area contributed by atoms with Crippen molar-refractivity contribution in [3.63, 3.8) is 0 Å². The van der Waals surface area contributed by atoms with Gasteiger partial charge in [-0.1, -0.05) is 30.3 Å². The SMILES string of the molecule is Cc1nn(-c2ccccc2)c(C)c1C(=O)NCc1ccc(OC(F)(F)F)cc1. The van der Waals surface area contributed by atoms with E-state index in [0.29, 0.717) is 22.5 Å². The van der Waals surface area contributed by atoms with Gasteiger partial charge in [0.2, 0.25) is 0 Å². The predicted molar refractivity (Wildman–Crippen MR) is 97.3 cm³/mol. The zero-order valence-electron chi connectivity index (χ0n) is 15.2. The third kappa shape index (κ3) is 4.51. The van der Waals surface area contributed by atoms with Crippen LogP contribution in [0.3, 0.4) is 0 Å². The zero-order chi connectivity index (χ0) is 20.3. The van der Waals surface area contributed by atoms with Gasteiger partial charge >= 0.3 is 6.36 Å². The highest BCUT2D eigenvalue weighted by Crippen LogP contribution is 2.23. The van der Waals surface area contributed by atoms with Crippen LogP contribution in [0.1, 0.15) is 27.3 Å². The molecule has 0 radical (unpaired) electrons. The maximum atomic E-state index is 12.6. The van der Waals surface area contributed by atoms with Crippen LogP contribution in [0.25, 0.3) is 5.69 Å². The van der Waals surface area contributed by atoms with Crippen molar-refractivity contribution < 1.29 is 22.7 Å². The molecule has 0 aliphatic rings. The number of rotatable bonds is 5. The molecule has 0 spiro atoms. The van der Waals surface area contributed by atoms with E-state index in [1.54, 1.807) is 11.6 Å². The van der Waals surface area contributed by atoms with Crippen molar-refractivity contribution in [1.29, 1.82) is 0 Å². The van der Waals surface area contributed by atoms with E-state index in [1.165, 1.54) is 24.3 Å². The number of alkyl halides is 3. The van der Waals surface area contributed by atoms with Crippen LogP contribution in [0.4, 0.5) is 13.2 Å². The summed E-state index contributed by atoms with van der Waals surface area (Å²) in [6.45, 7) is 3.73. The molecule has 146 valence electrons. The molecule has 0 saturated carbocycles. The van der Waals surface area contributed by atoms with Gasteiger partial charge in [0.15, 0.2) is 0 Å². The van der Waals surface area contributed by atoms with Crippen molar-refractivity contribution in [2.45, 2.75) is 26.8 Å². The number of nitrogens with zero attached hydrogens (tertiary/aromatic N) is 2. The molecule has 28 heavy (non-hydrogen) atoms. The Morgan fingerprint density at radius 2 is 1.71 bits per heavy atom. The molecule has 1 aromatic heterocycles. The maximum absolute atomic E-state index is 12.6. The van der Waals surface area contributed by atoms with Crippen LogP contribution in [0, 0.1) is 13.8 Å². The van der Waals surface area contributed by atoms with Gasteiger partial charge in [-0.15, -0.1) is 13.2 Å². The first-order chi connectivity index (χ1) is 13.2. The molecule has 0 aliphatic carbocycles. The third-order valence-electron chi connectivity index (χ3n) is 4.13. The predicted octanol–water partition coefficient (Wildman–Crippen LogP) is 4.32. The van der Waals surface area contributed by atoms with Gasteiger partial charge in [0.05, 0.1) is 22.6 Å². The van der Waals surface area contributed by atoms with Crippen LogP contribution in [0.5, 0.6) is 5.75 Å². The number of carbonyl (C=O) groups is 1. The smallest absolute Gasteiger partial charge is 0.406 e. The summed E-state index contributed by atoms with van der Waals surface area (Å²) in [6.07, 6.45) is -4.73. The molecule has 0 unspecified atom stereocenters. The molecule has 2 aromatic carbocycles. The summed E-state index contributed by atoms with van der Waals surface area (Å²) in [6, 6.07) is 14.8. The Labute approximate surface area is 159 Å². The lowest BCUT2D eigenvalue weighted by atomic mass is 10.1. The summed E-state index contributed by atoms with van der Waals surface area (Å²) in [4.78, 5) is 12.6. The molecule has 8 heteroatoms. The second-order valence-corrected chi connectivity index (χ2v) is 6.17. The highest BCUT2D eigenvalue weighted by atomic mass is 19.4. The average molecular weight is 389 g/mol. The fourth-order valence-electron chi connectivity index (χ4n) is 2.87. The zero-order valence-corrected chi connectivity index (χ0v) is 15.2. The Kier molecular flexibility index (Phi) is 5.39. The molecule has 0 aliphatic heterocycles. The lowest BCUT2D eigenvalue weighted by molar-refractivity contribution is -0.274. The van der Waals surface area contributed by atoms with Gasteiger partial charge < -0.3 is 10.1 Å². The normalized spacial score (nSPS) is 11.3. The molecule has 1 N–H and O–H groups in total. The number of benzene rings is 2. The van der Waals surface area contributed by atoms with Crippen molar-refractivity contribution in [3.05, 3.63) is 77.1 Å². The Hall–Kier alpha value is -3.29. The van der Waals surface area contributed by atoms with Crippen molar-refractivity contribution in [2.75, 3.05) is 0 Å². The van der Waals surface area contributed by atoms with Crippen molar-refractivity contribution in [2.24, 2.45) is 0 Å². The lowest BCUT2D eigenvalue weighted by Gasteiger charge is -2.10. The highest BCUT2D eigenvalue weighted by molar-refractivity contribution is 5.96. The van der Waals surface area contributed by atoms with E-state index in [4.69, 9.17) is 0 Å². The van der Waals surface area contributed by atoms with Crippen molar-refractivity contribution in [1.82, 2.24) is 15.1 Å². The first-order valence-electron chi connectivity index (χ1n) is 8.49. The number of amides is 1. The summed E-state index contributed by atoms with van der Waals surface area (Å²) >= 11 is 0. The Morgan fingerprint density at radius 3 is 2.32 bits per heavy atom. The van der Waals surface area contributed by atoms with Gasteiger partial charge in [-0.2, -0.15) is 5.10 Å². The number of hydrogen-bond acceptors (Lipinski definition) is 3. The lowest BCUT2D eigenvalue weighted by Crippen LogP contribution is -2.24. The van der Waals surface area contributed by atoms with Gasteiger partial charge in [0.1, 0.15) is 5.75 Å². The molecule has 5 nitrogen and oxygen atoms in total. The molecular formula is C20H18F3N3O2. The summed E-state index contributed by atoms with van der Waals surface area (Å²) < 4.78 is 42.1. The van der Waals surface area contributed by atoms with E-state index >= 15 is 0 Å². The largest absolute Gasteiger partial charge is 0.573 e. The van der Waals surface area contributed by atoms with E-state index in [9.17, 15) is 18.0 Å². The van der Waals surface area contributed by atoms with Crippen LogP contribution in [-0.2, 0) is 6.54 Å². The number of para-hydroxylation sites is 1. The van der Waals surface area contributed by atoms with Gasteiger partial charge in [-0.25, -0.2) is 4.68 Å². The Balaban J connectivity index is 1.70. The molecule has 0 saturated heterocycles. The molecule has 3 rings (SSSR count). The van der Waals surface area contributed by atoms with E-state index in [1.807, 2.05) is 37.3 Å². The van der Waals surface area contributed by atoms with Crippen LogP contribution in [0.2, 0.25) is 0 Å². The maximum Gasteiger partial charge on any atom is 0.573 e. The minimum absolute atomic E-state index is 0.167. The van der Waals surface area contributed by atoms with E-state index in [2.05, 4.69) is 15.2 Å². The van der Waals surface area contributed by atoms with Crippen molar-refractivity contribution >= 4 is 5.91 Å². The summed E-state index contributed by atoms with van der Waals surface area (Å²) in [5, 5.41) is 7.21. The molecule has 1 heterocycles. The minimum atomic E-state index is -4.73. The van der Waals surface area contributed by atoms with E-state index in [0.717, 1.165) is 5.69 Å².